The van der Waals surface area contributed by atoms with Gasteiger partial charge in [-0.2, -0.15) is 4.98 Å². The Labute approximate surface area is 113 Å². The molecule has 0 saturated carbocycles. The molecule has 0 radical (unpaired) electrons. The summed E-state index contributed by atoms with van der Waals surface area (Å²) < 4.78 is 16.8. The fourth-order valence-corrected chi connectivity index (χ4v) is 2.76. The molecule has 2 aliphatic heterocycles. The third-order valence-electron chi connectivity index (χ3n) is 3.83. The maximum Gasteiger partial charge on any atom is 0.218 e. The summed E-state index contributed by atoms with van der Waals surface area (Å²) in [6.45, 7) is 5.14. The fourth-order valence-electron chi connectivity index (χ4n) is 2.76. The Balaban J connectivity index is 1.79. The summed E-state index contributed by atoms with van der Waals surface area (Å²) in [6.07, 6.45) is 1.82. The van der Waals surface area contributed by atoms with Crippen molar-refractivity contribution in [3.8, 4) is 5.88 Å². The average molecular weight is 264 g/mol. The third kappa shape index (κ3) is 2.28. The molecule has 5 nitrogen and oxygen atoms in total. The lowest BCUT2D eigenvalue weighted by Crippen LogP contribution is -2.34. The molecule has 104 valence electrons. The molecule has 5 heteroatoms. The molecule has 3 rings (SSSR count). The summed E-state index contributed by atoms with van der Waals surface area (Å²) in [7, 11) is 1.67. The number of aromatic nitrogens is 1. The van der Waals surface area contributed by atoms with Gasteiger partial charge in [0.25, 0.3) is 0 Å². The van der Waals surface area contributed by atoms with Gasteiger partial charge < -0.3 is 19.1 Å². The molecule has 1 aromatic heterocycles. The van der Waals surface area contributed by atoms with Gasteiger partial charge in [-0.05, 0) is 18.6 Å². The van der Waals surface area contributed by atoms with E-state index in [1.54, 1.807) is 7.11 Å². The Morgan fingerprint density at radius 3 is 2.84 bits per heavy atom. The molecule has 0 aromatic carbocycles. The second kappa shape index (κ2) is 4.98. The van der Waals surface area contributed by atoms with Crippen LogP contribution in [0.4, 0.5) is 5.82 Å². The van der Waals surface area contributed by atoms with Gasteiger partial charge in [-0.15, -0.1) is 0 Å². The first-order valence-electron chi connectivity index (χ1n) is 6.83. The van der Waals surface area contributed by atoms with E-state index in [0.717, 1.165) is 37.3 Å². The lowest BCUT2D eigenvalue weighted by molar-refractivity contribution is -0.137. The van der Waals surface area contributed by atoms with E-state index in [0.29, 0.717) is 19.1 Å². The standard InChI is InChI=1S/C14H20N2O3/c1-3-11-4-5-12(15-13(11)17-2)16-7-6-14(10-16)18-8-9-19-14/h4-5H,3,6-10H2,1-2H3. The van der Waals surface area contributed by atoms with Crippen LogP contribution in [0.2, 0.25) is 0 Å². The monoisotopic (exact) mass is 264 g/mol. The number of hydrogen-bond donors (Lipinski definition) is 0. The molecule has 0 unspecified atom stereocenters. The van der Waals surface area contributed by atoms with Crippen LogP contribution in [0.3, 0.4) is 0 Å². The maximum atomic E-state index is 5.73. The van der Waals surface area contributed by atoms with Crippen LogP contribution in [-0.4, -0.2) is 44.2 Å². The smallest absolute Gasteiger partial charge is 0.218 e. The van der Waals surface area contributed by atoms with E-state index in [1.807, 2.05) is 0 Å². The lowest BCUT2D eigenvalue weighted by atomic mass is 10.2. The number of rotatable bonds is 3. The second-order valence-corrected chi connectivity index (χ2v) is 4.97. The van der Waals surface area contributed by atoms with Gasteiger partial charge in [0.2, 0.25) is 5.88 Å². The predicted molar refractivity (Wildman–Crippen MR) is 71.6 cm³/mol. The van der Waals surface area contributed by atoms with Crippen molar-refractivity contribution < 1.29 is 14.2 Å². The minimum Gasteiger partial charge on any atom is -0.481 e. The van der Waals surface area contributed by atoms with Crippen molar-refractivity contribution in [2.45, 2.75) is 25.6 Å². The van der Waals surface area contributed by atoms with Gasteiger partial charge in [-0.1, -0.05) is 6.92 Å². The second-order valence-electron chi connectivity index (χ2n) is 4.97. The highest BCUT2D eigenvalue weighted by molar-refractivity contribution is 5.45. The summed E-state index contributed by atoms with van der Waals surface area (Å²) in [5.74, 6) is 1.25. The first-order chi connectivity index (χ1) is 9.26. The highest BCUT2D eigenvalue weighted by atomic mass is 16.7. The first kappa shape index (κ1) is 12.7. The summed E-state index contributed by atoms with van der Waals surface area (Å²) in [5, 5.41) is 0. The Morgan fingerprint density at radius 2 is 2.16 bits per heavy atom. The number of pyridine rings is 1. The zero-order valence-electron chi connectivity index (χ0n) is 11.5. The summed E-state index contributed by atoms with van der Waals surface area (Å²) in [6, 6.07) is 4.14. The Kier molecular flexibility index (Phi) is 3.33. The van der Waals surface area contributed by atoms with Crippen molar-refractivity contribution in [1.82, 2.24) is 4.98 Å². The molecule has 0 amide bonds. The summed E-state index contributed by atoms with van der Waals surface area (Å²) in [5.41, 5.74) is 1.13. The van der Waals surface area contributed by atoms with Gasteiger partial charge in [-0.3, -0.25) is 0 Å². The van der Waals surface area contributed by atoms with Crippen LogP contribution in [0.15, 0.2) is 12.1 Å². The van der Waals surface area contributed by atoms with Gasteiger partial charge in [-0.25, -0.2) is 0 Å². The van der Waals surface area contributed by atoms with E-state index in [1.165, 1.54) is 0 Å². The Hall–Kier alpha value is -1.33. The van der Waals surface area contributed by atoms with Gasteiger partial charge >= 0.3 is 0 Å². The molecule has 3 heterocycles. The van der Waals surface area contributed by atoms with Crippen LogP contribution < -0.4 is 9.64 Å². The molecule has 0 N–H and O–H groups in total. The number of ether oxygens (including phenoxy) is 3. The van der Waals surface area contributed by atoms with Gasteiger partial charge in [0.1, 0.15) is 5.82 Å². The molecule has 0 atom stereocenters. The number of hydrogen-bond acceptors (Lipinski definition) is 5. The van der Waals surface area contributed by atoms with Crippen molar-refractivity contribution in [3.05, 3.63) is 17.7 Å². The number of anilines is 1. The van der Waals surface area contributed by atoms with Crippen LogP contribution in [0, 0.1) is 0 Å². The Bertz CT molecular complexity index is 458. The normalized spacial score (nSPS) is 21.3. The van der Waals surface area contributed by atoms with E-state index >= 15 is 0 Å². The van der Waals surface area contributed by atoms with Crippen LogP contribution in [0.25, 0.3) is 0 Å². The zero-order chi connectivity index (χ0) is 13.3. The molecule has 19 heavy (non-hydrogen) atoms. The number of aryl methyl sites for hydroxylation is 1. The number of methoxy groups -OCH3 is 1. The van der Waals surface area contributed by atoms with Gasteiger partial charge in [0, 0.05) is 18.5 Å². The SMILES string of the molecule is CCc1ccc(N2CCC3(C2)OCCO3)nc1OC. The van der Waals surface area contributed by atoms with E-state index in [4.69, 9.17) is 14.2 Å². The van der Waals surface area contributed by atoms with Gasteiger partial charge in [0.15, 0.2) is 5.79 Å². The molecule has 1 spiro atoms. The fraction of sp³-hybridized carbons (Fsp3) is 0.643. The topological polar surface area (TPSA) is 43.8 Å². The third-order valence-corrected chi connectivity index (χ3v) is 3.83. The highest BCUT2D eigenvalue weighted by Crippen LogP contribution is 2.33. The predicted octanol–water partition coefficient (Wildman–Crippen LogP) is 1.61. The zero-order valence-corrected chi connectivity index (χ0v) is 11.5. The van der Waals surface area contributed by atoms with Crippen LogP contribution in [0.1, 0.15) is 18.9 Å². The van der Waals surface area contributed by atoms with Crippen molar-refractivity contribution >= 4 is 5.82 Å². The van der Waals surface area contributed by atoms with Crippen LogP contribution >= 0.6 is 0 Å². The van der Waals surface area contributed by atoms with Gasteiger partial charge in [0.05, 0.1) is 26.9 Å². The van der Waals surface area contributed by atoms with E-state index in [2.05, 4.69) is 28.9 Å². The van der Waals surface area contributed by atoms with Crippen molar-refractivity contribution in [2.24, 2.45) is 0 Å². The van der Waals surface area contributed by atoms with Crippen LogP contribution in [-0.2, 0) is 15.9 Å². The molecule has 1 aromatic rings. The Morgan fingerprint density at radius 1 is 1.37 bits per heavy atom. The first-order valence-corrected chi connectivity index (χ1v) is 6.83. The quantitative estimate of drug-likeness (QED) is 0.829. The van der Waals surface area contributed by atoms with Crippen molar-refractivity contribution in [3.63, 3.8) is 0 Å². The molecule has 2 aliphatic rings. The highest BCUT2D eigenvalue weighted by Gasteiger charge is 2.43. The molecule has 0 bridgehead atoms. The minimum atomic E-state index is -0.404. The average Bonchev–Trinajstić information content (AvgIpc) is 3.09. The molecular formula is C14H20N2O3. The van der Waals surface area contributed by atoms with E-state index in [-0.39, 0.29) is 0 Å². The van der Waals surface area contributed by atoms with Crippen molar-refractivity contribution in [1.29, 1.82) is 0 Å². The summed E-state index contributed by atoms with van der Waals surface area (Å²) >= 11 is 0. The largest absolute Gasteiger partial charge is 0.481 e. The van der Waals surface area contributed by atoms with E-state index < -0.39 is 5.79 Å². The van der Waals surface area contributed by atoms with E-state index in [9.17, 15) is 0 Å². The summed E-state index contributed by atoms with van der Waals surface area (Å²) in [4.78, 5) is 6.79. The number of nitrogens with zero attached hydrogens (tertiary/aromatic N) is 2. The molecule has 2 fully saturated rings. The molecule has 2 saturated heterocycles. The minimum absolute atomic E-state index is 0.404. The molecule has 0 aliphatic carbocycles. The van der Waals surface area contributed by atoms with Crippen LogP contribution in [0.5, 0.6) is 5.88 Å². The van der Waals surface area contributed by atoms with Crippen molar-refractivity contribution in [2.75, 3.05) is 38.3 Å². The molecular weight excluding hydrogens is 244 g/mol. The maximum absolute atomic E-state index is 5.73. The lowest BCUT2D eigenvalue weighted by Gasteiger charge is -2.23.